The minimum atomic E-state index is -0.384. The van der Waals surface area contributed by atoms with Crippen molar-refractivity contribution in [1.29, 1.82) is 0 Å². The van der Waals surface area contributed by atoms with Crippen molar-refractivity contribution in [2.75, 3.05) is 6.54 Å². The molecule has 9 heteroatoms. The number of hydrogen-bond acceptors (Lipinski definition) is 6. The molecule has 0 aliphatic carbocycles. The molecule has 1 N–H and O–H groups in total. The van der Waals surface area contributed by atoms with E-state index in [1.165, 1.54) is 32.6 Å². The van der Waals surface area contributed by atoms with E-state index in [0.29, 0.717) is 28.2 Å². The summed E-state index contributed by atoms with van der Waals surface area (Å²) in [5, 5.41) is 14.0. The second-order valence-corrected chi connectivity index (χ2v) is 11.2. The van der Waals surface area contributed by atoms with E-state index in [-0.39, 0.29) is 29.9 Å². The molecule has 0 spiro atoms. The van der Waals surface area contributed by atoms with Gasteiger partial charge in [-0.15, -0.1) is 0 Å². The average molecular weight is 638 g/mol. The Bertz CT molecular complexity index is 1400. The molecule has 0 fully saturated rings. The highest BCUT2D eigenvalue weighted by atomic mass is 79.9. The molecule has 224 valence electrons. The van der Waals surface area contributed by atoms with E-state index in [9.17, 15) is 19.5 Å². The van der Waals surface area contributed by atoms with Crippen molar-refractivity contribution in [3.8, 4) is 5.75 Å². The van der Waals surface area contributed by atoms with Crippen LogP contribution in [0.4, 0.5) is 5.82 Å². The second-order valence-electron chi connectivity index (χ2n) is 10.3. The number of imide groups is 1. The molecule has 2 amide bonds. The number of ketones is 1. The van der Waals surface area contributed by atoms with Gasteiger partial charge in [0.25, 0.3) is 11.8 Å². The Kier molecular flexibility index (Phi) is 13.5. The topological polar surface area (TPSA) is 105 Å². The molecule has 1 aromatic heterocycles. The van der Waals surface area contributed by atoms with E-state index < -0.39 is 0 Å². The molecule has 2 aromatic carbocycles. The van der Waals surface area contributed by atoms with Gasteiger partial charge in [0, 0.05) is 11.3 Å². The third-order valence-corrected chi connectivity index (χ3v) is 7.01. The molecule has 0 saturated carbocycles. The Labute approximate surface area is 257 Å². The number of para-hydroxylation sites is 1. The number of aromatic hydroxyl groups is 1. The van der Waals surface area contributed by atoms with Crippen molar-refractivity contribution < 1.29 is 19.5 Å². The molecule has 0 radical (unpaired) electrons. The lowest BCUT2D eigenvalue weighted by Crippen LogP contribution is -2.33. The van der Waals surface area contributed by atoms with E-state index in [2.05, 4.69) is 53.4 Å². The number of phenolic OH excluding ortho intramolecular Hbond substituents is 1. The van der Waals surface area contributed by atoms with Crippen LogP contribution in [-0.4, -0.2) is 49.6 Å². The number of hydrogen-bond donors (Lipinski definition) is 1. The molecule has 8 nitrogen and oxygen atoms in total. The van der Waals surface area contributed by atoms with Gasteiger partial charge >= 0.3 is 0 Å². The van der Waals surface area contributed by atoms with Crippen molar-refractivity contribution in [3.05, 3.63) is 82.5 Å². The highest BCUT2D eigenvalue weighted by molar-refractivity contribution is 9.10. The van der Waals surface area contributed by atoms with Crippen LogP contribution in [0.2, 0.25) is 0 Å². The van der Waals surface area contributed by atoms with Gasteiger partial charge in [-0.1, -0.05) is 77.3 Å². The van der Waals surface area contributed by atoms with E-state index >= 15 is 0 Å². The van der Waals surface area contributed by atoms with E-state index in [4.69, 9.17) is 0 Å². The number of fused-ring (bicyclic) bond motifs is 1. The van der Waals surface area contributed by atoms with Crippen LogP contribution < -0.4 is 0 Å². The monoisotopic (exact) mass is 636 g/mol. The lowest BCUT2D eigenvalue weighted by atomic mass is 10.0. The first-order chi connectivity index (χ1) is 19.9. The lowest BCUT2D eigenvalue weighted by Gasteiger charge is -2.10. The third-order valence-electron chi connectivity index (χ3n) is 6.45. The number of aromatic nitrogens is 2. The molecule has 42 heavy (non-hydrogen) atoms. The number of rotatable bonds is 9. The number of amides is 2. The first-order valence-corrected chi connectivity index (χ1v) is 14.9. The highest BCUT2D eigenvalue weighted by Gasteiger charge is 2.35. The van der Waals surface area contributed by atoms with Gasteiger partial charge < -0.3 is 5.11 Å². The maximum absolute atomic E-state index is 11.7. The van der Waals surface area contributed by atoms with Gasteiger partial charge in [-0.2, -0.15) is 5.10 Å². The van der Waals surface area contributed by atoms with Gasteiger partial charge in [0.15, 0.2) is 5.82 Å². The van der Waals surface area contributed by atoms with Crippen LogP contribution in [0, 0.1) is 5.92 Å². The minimum absolute atomic E-state index is 0.146. The first kappa shape index (κ1) is 34.4. The number of nitrogens with zero attached hydrogens (tertiary/aromatic N) is 4. The van der Waals surface area contributed by atoms with Gasteiger partial charge in [0.05, 0.1) is 34.1 Å². The number of allylic oxidation sites excluding steroid dienone is 1. The van der Waals surface area contributed by atoms with E-state index in [1.54, 1.807) is 47.3 Å². The predicted molar refractivity (Wildman–Crippen MR) is 172 cm³/mol. The fraction of sp³-hybridized carbons (Fsp3) is 0.364. The molecule has 2 heterocycles. The predicted octanol–water partition coefficient (Wildman–Crippen LogP) is 8.08. The Balaban J connectivity index is 0.000000239. The molecule has 1 aliphatic heterocycles. The average Bonchev–Trinajstić information content (AvgIpc) is 3.42. The molecule has 0 bridgehead atoms. The summed E-state index contributed by atoms with van der Waals surface area (Å²) in [5.74, 6) is 0.862. The van der Waals surface area contributed by atoms with Crippen molar-refractivity contribution >= 4 is 50.8 Å². The van der Waals surface area contributed by atoms with Gasteiger partial charge in [0.1, 0.15) is 11.5 Å². The number of phenols is 1. The number of halogens is 1. The first-order valence-electron chi connectivity index (χ1n) is 14.1. The largest absolute Gasteiger partial charge is 0.507 e. The van der Waals surface area contributed by atoms with Gasteiger partial charge in [-0.25, -0.2) is 9.67 Å². The number of benzene rings is 2. The SMILES string of the molecule is C=C(C)n1ncc(Br)c1/N=C(\C)c1ccccc1O.CC(=O)CN1C(=O)c2ccccc2C1=O.CCCC(C)CCC. The molecule has 4 rings (SSSR count). The minimum Gasteiger partial charge on any atom is -0.507 e. The summed E-state index contributed by atoms with van der Waals surface area (Å²) in [6, 6.07) is 13.7. The van der Waals surface area contributed by atoms with Crippen LogP contribution in [-0.2, 0) is 4.79 Å². The van der Waals surface area contributed by atoms with Crippen LogP contribution >= 0.6 is 15.9 Å². The van der Waals surface area contributed by atoms with E-state index in [0.717, 1.165) is 21.0 Å². The third kappa shape index (κ3) is 9.34. The Morgan fingerprint density at radius 2 is 1.50 bits per heavy atom. The number of Topliss-reactive ketones (excluding diaryl/α,β-unsaturated/α-hetero) is 1. The number of aliphatic imine (C=N–C) groups is 1. The summed E-state index contributed by atoms with van der Waals surface area (Å²) in [4.78, 5) is 39.8. The molecular weight excluding hydrogens is 596 g/mol. The summed E-state index contributed by atoms with van der Waals surface area (Å²) < 4.78 is 2.43. The van der Waals surface area contributed by atoms with Crippen LogP contribution in [0.15, 0.2) is 70.8 Å². The van der Waals surface area contributed by atoms with Crippen molar-refractivity contribution in [2.24, 2.45) is 10.9 Å². The maximum Gasteiger partial charge on any atom is 0.261 e. The fourth-order valence-electron chi connectivity index (χ4n) is 4.44. The van der Waals surface area contributed by atoms with Crippen molar-refractivity contribution in [3.63, 3.8) is 0 Å². The van der Waals surface area contributed by atoms with Crippen molar-refractivity contribution in [1.82, 2.24) is 14.7 Å². The van der Waals surface area contributed by atoms with Crippen LogP contribution in [0.25, 0.3) is 5.70 Å². The zero-order chi connectivity index (χ0) is 31.4. The molecular formula is C33H41BrN4O4. The number of carbonyl (C=O) groups excluding carboxylic acids is 3. The highest BCUT2D eigenvalue weighted by Crippen LogP contribution is 2.29. The molecule has 0 atom stereocenters. The second kappa shape index (κ2) is 16.6. The number of carbonyl (C=O) groups is 3. The Morgan fingerprint density at radius 3 is 1.98 bits per heavy atom. The summed E-state index contributed by atoms with van der Waals surface area (Å²) in [7, 11) is 0. The van der Waals surface area contributed by atoms with Gasteiger partial charge in [-0.05, 0) is 66.9 Å². The molecule has 3 aromatic rings. The molecule has 0 saturated heterocycles. The fourth-order valence-corrected chi connectivity index (χ4v) is 4.78. The normalized spacial score (nSPS) is 12.4. The van der Waals surface area contributed by atoms with Gasteiger partial charge in [-0.3, -0.25) is 19.3 Å². The lowest BCUT2D eigenvalue weighted by molar-refractivity contribution is -0.117. The van der Waals surface area contributed by atoms with Gasteiger partial charge in [0.2, 0.25) is 0 Å². The standard InChI is InChI=1S/C14H14BrN3O.C11H9NO3.C8H18/c1-9(2)18-14(12(15)8-16-18)17-10(3)11-6-4-5-7-13(11)19;1-7(13)6-12-10(14)8-4-2-3-5-9(8)11(12)15;1-4-6-8(3)7-5-2/h4-8,19H,1H2,2-3H3;2-5H,6H2,1H3;8H,4-7H2,1-3H3/b17-10+;;. The van der Waals surface area contributed by atoms with Crippen LogP contribution in [0.3, 0.4) is 0 Å². The van der Waals surface area contributed by atoms with Crippen LogP contribution in [0.5, 0.6) is 5.75 Å². The zero-order valence-corrected chi connectivity index (χ0v) is 26.9. The van der Waals surface area contributed by atoms with E-state index in [1.807, 2.05) is 26.0 Å². The van der Waals surface area contributed by atoms with Crippen LogP contribution in [0.1, 0.15) is 93.5 Å². The molecule has 1 aliphatic rings. The quantitative estimate of drug-likeness (QED) is 0.189. The summed E-state index contributed by atoms with van der Waals surface area (Å²) in [5.41, 5.74) is 2.94. The molecule has 0 unspecified atom stereocenters. The Hall–Kier alpha value is -3.85. The Morgan fingerprint density at radius 1 is 0.976 bits per heavy atom. The summed E-state index contributed by atoms with van der Waals surface area (Å²) in [6.07, 6.45) is 7.19. The zero-order valence-electron chi connectivity index (χ0n) is 25.4. The summed E-state index contributed by atoms with van der Waals surface area (Å²) >= 11 is 3.41. The smallest absolute Gasteiger partial charge is 0.261 e. The van der Waals surface area contributed by atoms with Crippen molar-refractivity contribution in [2.45, 2.75) is 67.2 Å². The maximum atomic E-state index is 11.7. The summed E-state index contributed by atoms with van der Waals surface area (Å²) in [6.45, 7) is 15.6.